The van der Waals surface area contributed by atoms with Gasteiger partial charge in [-0.3, -0.25) is 4.79 Å². The predicted octanol–water partition coefficient (Wildman–Crippen LogP) is 2.26. The lowest BCUT2D eigenvalue weighted by Crippen LogP contribution is -2.41. The number of piperidine rings is 1. The molecule has 2 rings (SSSR count). The molecule has 0 radical (unpaired) electrons. The molecule has 1 aromatic carbocycles. The van der Waals surface area contributed by atoms with Gasteiger partial charge in [0.2, 0.25) is 0 Å². The summed E-state index contributed by atoms with van der Waals surface area (Å²) in [7, 11) is 0. The second-order valence-electron chi connectivity index (χ2n) is 4.73. The molecule has 1 aliphatic rings. The van der Waals surface area contributed by atoms with Gasteiger partial charge < -0.3 is 9.64 Å². The maximum atomic E-state index is 11.8. The predicted molar refractivity (Wildman–Crippen MR) is 76.9 cm³/mol. The minimum Gasteiger partial charge on any atom is -0.459 e. The number of hydrogen-bond donors (Lipinski definition) is 0. The van der Waals surface area contributed by atoms with E-state index in [2.05, 4.69) is 18.2 Å². The minimum absolute atomic E-state index is 0.234. The van der Waals surface area contributed by atoms with E-state index >= 15 is 0 Å². The molecule has 1 aliphatic heterocycles. The van der Waals surface area contributed by atoms with Crippen LogP contribution < -0.4 is 0 Å². The minimum atomic E-state index is -0.747. The van der Waals surface area contributed by atoms with Crippen molar-refractivity contribution in [1.82, 2.24) is 4.90 Å². The first-order valence-corrected chi connectivity index (χ1v) is 6.91. The van der Waals surface area contributed by atoms with Crippen LogP contribution in [0, 0.1) is 0 Å². The van der Waals surface area contributed by atoms with Gasteiger partial charge in [0, 0.05) is 13.1 Å². The van der Waals surface area contributed by atoms with Crippen molar-refractivity contribution in [3.63, 3.8) is 0 Å². The standard InChI is InChI=1S/C16H19NO3/c1-2-20-16(19)15(18)17-10-8-14(9-11-17)12-13-6-4-3-5-7-13/h3-7,12H,2,8-11H2,1H3. The molecule has 1 aromatic rings. The normalized spacial score (nSPS) is 14.8. The third kappa shape index (κ3) is 3.70. The van der Waals surface area contributed by atoms with Crippen LogP contribution in [0.25, 0.3) is 6.08 Å². The van der Waals surface area contributed by atoms with E-state index in [1.54, 1.807) is 11.8 Å². The van der Waals surface area contributed by atoms with Crippen molar-refractivity contribution >= 4 is 18.0 Å². The van der Waals surface area contributed by atoms with Gasteiger partial charge in [0.1, 0.15) is 0 Å². The molecule has 0 unspecified atom stereocenters. The average molecular weight is 273 g/mol. The van der Waals surface area contributed by atoms with Gasteiger partial charge in [-0.25, -0.2) is 4.79 Å². The lowest BCUT2D eigenvalue weighted by atomic mass is 10.0. The molecule has 20 heavy (non-hydrogen) atoms. The zero-order valence-corrected chi connectivity index (χ0v) is 11.7. The Hall–Kier alpha value is -2.10. The van der Waals surface area contributed by atoms with E-state index < -0.39 is 11.9 Å². The molecule has 1 fully saturated rings. The summed E-state index contributed by atoms with van der Waals surface area (Å²) in [4.78, 5) is 24.7. The van der Waals surface area contributed by atoms with E-state index in [4.69, 9.17) is 4.74 Å². The van der Waals surface area contributed by atoms with Crippen LogP contribution in [0.4, 0.5) is 0 Å². The highest BCUT2D eigenvalue weighted by atomic mass is 16.5. The summed E-state index contributed by atoms with van der Waals surface area (Å²) >= 11 is 0. The Kier molecular flexibility index (Phi) is 4.93. The van der Waals surface area contributed by atoms with Crippen LogP contribution >= 0.6 is 0 Å². The van der Waals surface area contributed by atoms with Gasteiger partial charge in [0.25, 0.3) is 0 Å². The second kappa shape index (κ2) is 6.89. The van der Waals surface area contributed by atoms with Crippen molar-refractivity contribution in [3.8, 4) is 0 Å². The number of carbonyl (C=O) groups is 2. The molecule has 0 spiro atoms. The van der Waals surface area contributed by atoms with Crippen molar-refractivity contribution in [2.45, 2.75) is 19.8 Å². The zero-order chi connectivity index (χ0) is 14.4. The maximum absolute atomic E-state index is 11.8. The Morgan fingerprint density at radius 3 is 2.45 bits per heavy atom. The summed E-state index contributed by atoms with van der Waals surface area (Å²) in [5.74, 6) is -1.27. The lowest BCUT2D eigenvalue weighted by molar-refractivity contribution is -0.160. The van der Waals surface area contributed by atoms with Crippen LogP contribution in [0.3, 0.4) is 0 Å². The van der Waals surface area contributed by atoms with Crippen LogP contribution in [0.1, 0.15) is 25.3 Å². The van der Waals surface area contributed by atoms with Crippen LogP contribution in [0.15, 0.2) is 35.9 Å². The largest absolute Gasteiger partial charge is 0.459 e. The molecular weight excluding hydrogens is 254 g/mol. The number of rotatable bonds is 2. The van der Waals surface area contributed by atoms with Gasteiger partial charge in [-0.15, -0.1) is 0 Å². The number of hydrogen-bond acceptors (Lipinski definition) is 3. The number of carbonyl (C=O) groups excluding carboxylic acids is 2. The molecule has 0 atom stereocenters. The quantitative estimate of drug-likeness (QED) is 0.613. The highest BCUT2D eigenvalue weighted by molar-refractivity contribution is 6.32. The molecule has 0 bridgehead atoms. The fraction of sp³-hybridized carbons (Fsp3) is 0.375. The van der Waals surface area contributed by atoms with E-state index in [0.717, 1.165) is 12.8 Å². The van der Waals surface area contributed by atoms with E-state index in [0.29, 0.717) is 13.1 Å². The molecule has 4 heteroatoms. The van der Waals surface area contributed by atoms with Gasteiger partial charge in [-0.2, -0.15) is 0 Å². The highest BCUT2D eigenvalue weighted by Gasteiger charge is 2.25. The smallest absolute Gasteiger partial charge is 0.397 e. The van der Waals surface area contributed by atoms with E-state index in [9.17, 15) is 9.59 Å². The Bertz CT molecular complexity index is 498. The molecule has 106 valence electrons. The number of nitrogens with zero attached hydrogens (tertiary/aromatic N) is 1. The van der Waals surface area contributed by atoms with Crippen molar-refractivity contribution < 1.29 is 14.3 Å². The first kappa shape index (κ1) is 14.3. The molecule has 4 nitrogen and oxygen atoms in total. The summed E-state index contributed by atoms with van der Waals surface area (Å²) in [5, 5.41) is 0. The third-order valence-electron chi connectivity index (χ3n) is 3.31. The number of esters is 1. The van der Waals surface area contributed by atoms with Crippen molar-refractivity contribution in [2.24, 2.45) is 0 Å². The van der Waals surface area contributed by atoms with Gasteiger partial charge in [-0.1, -0.05) is 42.0 Å². The number of ether oxygens (including phenoxy) is 1. The fourth-order valence-electron chi connectivity index (χ4n) is 2.25. The monoisotopic (exact) mass is 273 g/mol. The average Bonchev–Trinajstić information content (AvgIpc) is 2.48. The van der Waals surface area contributed by atoms with E-state index in [-0.39, 0.29) is 6.61 Å². The Morgan fingerprint density at radius 1 is 1.20 bits per heavy atom. The molecule has 0 aliphatic carbocycles. The second-order valence-corrected chi connectivity index (χ2v) is 4.73. The molecule has 0 N–H and O–H groups in total. The Balaban J connectivity index is 1.91. The molecule has 0 saturated carbocycles. The maximum Gasteiger partial charge on any atom is 0.397 e. The third-order valence-corrected chi connectivity index (χ3v) is 3.31. The van der Waals surface area contributed by atoms with Gasteiger partial charge in [-0.05, 0) is 25.3 Å². The lowest BCUT2D eigenvalue weighted by Gasteiger charge is -2.27. The number of benzene rings is 1. The summed E-state index contributed by atoms with van der Waals surface area (Å²) in [5.41, 5.74) is 2.48. The number of likely N-dealkylation sites (tertiary alicyclic amines) is 1. The molecular formula is C16H19NO3. The summed E-state index contributed by atoms with van der Waals surface area (Å²) in [6.45, 7) is 3.09. The molecule has 0 aromatic heterocycles. The van der Waals surface area contributed by atoms with Gasteiger partial charge in [0.05, 0.1) is 6.61 Å². The number of amides is 1. The summed E-state index contributed by atoms with van der Waals surface area (Å²) < 4.78 is 4.73. The van der Waals surface area contributed by atoms with Crippen LogP contribution in [0.5, 0.6) is 0 Å². The zero-order valence-electron chi connectivity index (χ0n) is 11.7. The SMILES string of the molecule is CCOC(=O)C(=O)N1CCC(=Cc2ccccc2)CC1. The highest BCUT2D eigenvalue weighted by Crippen LogP contribution is 2.19. The van der Waals surface area contributed by atoms with Crippen LogP contribution in [-0.4, -0.2) is 36.5 Å². The van der Waals surface area contributed by atoms with Gasteiger partial charge >= 0.3 is 11.9 Å². The molecule has 1 saturated heterocycles. The van der Waals surface area contributed by atoms with Crippen molar-refractivity contribution in [1.29, 1.82) is 0 Å². The van der Waals surface area contributed by atoms with Crippen LogP contribution in [-0.2, 0) is 14.3 Å². The summed E-state index contributed by atoms with van der Waals surface area (Å²) in [6.07, 6.45) is 3.77. The summed E-state index contributed by atoms with van der Waals surface area (Å²) in [6, 6.07) is 10.1. The Morgan fingerprint density at radius 2 is 1.85 bits per heavy atom. The first-order chi connectivity index (χ1) is 9.70. The van der Waals surface area contributed by atoms with E-state index in [1.165, 1.54) is 11.1 Å². The van der Waals surface area contributed by atoms with Gasteiger partial charge in [0.15, 0.2) is 0 Å². The molecule has 1 amide bonds. The Labute approximate surface area is 119 Å². The van der Waals surface area contributed by atoms with Crippen molar-refractivity contribution in [2.75, 3.05) is 19.7 Å². The van der Waals surface area contributed by atoms with Crippen LogP contribution in [0.2, 0.25) is 0 Å². The first-order valence-electron chi connectivity index (χ1n) is 6.91. The van der Waals surface area contributed by atoms with Crippen molar-refractivity contribution in [3.05, 3.63) is 41.5 Å². The van der Waals surface area contributed by atoms with E-state index in [1.807, 2.05) is 18.2 Å². The topological polar surface area (TPSA) is 46.6 Å². The fourth-order valence-corrected chi connectivity index (χ4v) is 2.25. The molecule has 1 heterocycles.